The first-order chi connectivity index (χ1) is 14.5. The van der Waals surface area contributed by atoms with Crippen molar-refractivity contribution in [3.05, 3.63) is 64.0 Å². The fourth-order valence-electron chi connectivity index (χ4n) is 3.51. The molecule has 1 amide bonds. The summed E-state index contributed by atoms with van der Waals surface area (Å²) in [5.74, 6) is 1.08. The molecule has 1 aromatic heterocycles. The van der Waals surface area contributed by atoms with Crippen LogP contribution in [0.4, 0.5) is 5.69 Å². The monoisotopic (exact) mass is 444 g/mol. The van der Waals surface area contributed by atoms with Crippen molar-refractivity contribution in [1.82, 2.24) is 15.0 Å². The molecule has 1 aliphatic rings. The summed E-state index contributed by atoms with van der Waals surface area (Å²) >= 11 is 12.1. The summed E-state index contributed by atoms with van der Waals surface area (Å²) in [6, 6.07) is 13.1. The Bertz CT molecular complexity index is 1030. The second kappa shape index (κ2) is 9.16. The molecule has 1 fully saturated rings. The fraction of sp³-hybridized carbons (Fsp3) is 0.318. The Kier molecular flexibility index (Phi) is 6.37. The van der Waals surface area contributed by atoms with Crippen LogP contribution >= 0.6 is 23.2 Å². The first-order valence-corrected chi connectivity index (χ1v) is 10.6. The minimum atomic E-state index is -0.0675. The standard InChI is InChI=1S/C22H22Cl2N4O2/c1-14-2-4-15(5-3-14)21-26-20(30-27-21)13-28-10-8-16(9-11-28)22(29)25-19-12-17(23)6-7-18(19)24/h2-7,12,16H,8-11,13H2,1H3,(H,25,29). The maximum Gasteiger partial charge on any atom is 0.241 e. The molecule has 4 rings (SSSR count). The van der Waals surface area contributed by atoms with Gasteiger partial charge in [-0.15, -0.1) is 0 Å². The molecule has 0 aliphatic carbocycles. The number of carbonyl (C=O) groups excluding carboxylic acids is 1. The average molecular weight is 445 g/mol. The Hall–Kier alpha value is -2.41. The maximum atomic E-state index is 12.6. The molecule has 8 heteroatoms. The molecule has 2 heterocycles. The number of halogens is 2. The second-order valence-electron chi connectivity index (χ2n) is 7.54. The molecule has 0 atom stereocenters. The van der Waals surface area contributed by atoms with E-state index in [1.54, 1.807) is 18.2 Å². The number of piperidine rings is 1. The third kappa shape index (κ3) is 5.01. The Morgan fingerprint density at radius 1 is 1.17 bits per heavy atom. The van der Waals surface area contributed by atoms with Gasteiger partial charge in [-0.2, -0.15) is 4.98 Å². The van der Waals surface area contributed by atoms with Gasteiger partial charge in [0, 0.05) is 16.5 Å². The summed E-state index contributed by atoms with van der Waals surface area (Å²) in [6.45, 7) is 4.18. The number of rotatable bonds is 5. The third-order valence-electron chi connectivity index (χ3n) is 5.28. The highest BCUT2D eigenvalue weighted by Crippen LogP contribution is 2.27. The van der Waals surface area contributed by atoms with E-state index in [-0.39, 0.29) is 11.8 Å². The average Bonchev–Trinajstić information content (AvgIpc) is 3.20. The minimum Gasteiger partial charge on any atom is -0.338 e. The van der Waals surface area contributed by atoms with E-state index in [9.17, 15) is 4.79 Å². The van der Waals surface area contributed by atoms with Crippen LogP contribution in [0.2, 0.25) is 10.0 Å². The number of benzene rings is 2. The van der Waals surface area contributed by atoms with Crippen molar-refractivity contribution in [2.24, 2.45) is 5.92 Å². The van der Waals surface area contributed by atoms with Crippen LogP contribution in [0, 0.1) is 12.8 Å². The number of hydrogen-bond acceptors (Lipinski definition) is 5. The number of aryl methyl sites for hydroxylation is 1. The Balaban J connectivity index is 1.30. The van der Waals surface area contributed by atoms with Crippen LogP contribution in [0.25, 0.3) is 11.4 Å². The molecule has 3 aromatic rings. The minimum absolute atomic E-state index is 0.0294. The van der Waals surface area contributed by atoms with E-state index in [0.717, 1.165) is 31.5 Å². The summed E-state index contributed by atoms with van der Waals surface area (Å²) in [6.07, 6.45) is 1.51. The largest absolute Gasteiger partial charge is 0.338 e. The van der Waals surface area contributed by atoms with Gasteiger partial charge in [-0.3, -0.25) is 9.69 Å². The Morgan fingerprint density at radius 2 is 1.90 bits per heavy atom. The molecule has 2 aromatic carbocycles. The summed E-state index contributed by atoms with van der Waals surface area (Å²) in [5, 5.41) is 8.00. The number of carbonyl (C=O) groups is 1. The molecular formula is C22H22Cl2N4O2. The van der Waals surface area contributed by atoms with Crippen molar-refractivity contribution >= 4 is 34.8 Å². The lowest BCUT2D eigenvalue weighted by Crippen LogP contribution is -2.37. The Morgan fingerprint density at radius 3 is 2.63 bits per heavy atom. The molecule has 0 bridgehead atoms. The predicted molar refractivity (Wildman–Crippen MR) is 118 cm³/mol. The van der Waals surface area contributed by atoms with Crippen LogP contribution in [-0.2, 0) is 11.3 Å². The van der Waals surface area contributed by atoms with Gasteiger partial charge in [-0.1, -0.05) is 58.2 Å². The van der Waals surface area contributed by atoms with Gasteiger partial charge in [0.25, 0.3) is 0 Å². The molecule has 1 N–H and O–H groups in total. The lowest BCUT2D eigenvalue weighted by Gasteiger charge is -2.30. The number of hydrogen-bond donors (Lipinski definition) is 1. The van der Waals surface area contributed by atoms with E-state index in [4.69, 9.17) is 27.7 Å². The van der Waals surface area contributed by atoms with Crippen molar-refractivity contribution in [3.8, 4) is 11.4 Å². The lowest BCUT2D eigenvalue weighted by molar-refractivity contribution is -0.121. The normalized spacial score (nSPS) is 15.3. The molecule has 0 radical (unpaired) electrons. The quantitative estimate of drug-likeness (QED) is 0.585. The molecule has 6 nitrogen and oxygen atoms in total. The zero-order valence-corrected chi connectivity index (χ0v) is 18.1. The molecule has 0 saturated carbocycles. The summed E-state index contributed by atoms with van der Waals surface area (Å²) in [4.78, 5) is 19.3. The number of nitrogens with zero attached hydrogens (tertiary/aromatic N) is 3. The van der Waals surface area contributed by atoms with Gasteiger partial charge >= 0.3 is 0 Å². The highest BCUT2D eigenvalue weighted by molar-refractivity contribution is 6.35. The highest BCUT2D eigenvalue weighted by Gasteiger charge is 2.26. The van der Waals surface area contributed by atoms with Crippen molar-refractivity contribution in [2.45, 2.75) is 26.3 Å². The highest BCUT2D eigenvalue weighted by atomic mass is 35.5. The number of amides is 1. The van der Waals surface area contributed by atoms with E-state index in [1.165, 1.54) is 5.56 Å². The van der Waals surface area contributed by atoms with Crippen LogP contribution in [0.5, 0.6) is 0 Å². The van der Waals surface area contributed by atoms with Gasteiger partial charge in [0.15, 0.2) is 0 Å². The van der Waals surface area contributed by atoms with E-state index in [0.29, 0.717) is 34.0 Å². The van der Waals surface area contributed by atoms with E-state index in [2.05, 4.69) is 20.4 Å². The van der Waals surface area contributed by atoms with Crippen LogP contribution in [0.15, 0.2) is 47.0 Å². The summed E-state index contributed by atoms with van der Waals surface area (Å²) < 4.78 is 5.42. The fourth-order valence-corrected chi connectivity index (χ4v) is 3.85. The van der Waals surface area contributed by atoms with Gasteiger partial charge in [-0.25, -0.2) is 0 Å². The lowest BCUT2D eigenvalue weighted by atomic mass is 9.96. The van der Waals surface area contributed by atoms with Crippen LogP contribution in [-0.4, -0.2) is 34.0 Å². The van der Waals surface area contributed by atoms with Gasteiger partial charge < -0.3 is 9.84 Å². The van der Waals surface area contributed by atoms with Crippen molar-refractivity contribution in [2.75, 3.05) is 18.4 Å². The molecule has 0 spiro atoms. The molecular weight excluding hydrogens is 423 g/mol. The number of aromatic nitrogens is 2. The van der Waals surface area contributed by atoms with Gasteiger partial charge in [0.05, 0.1) is 17.3 Å². The summed E-state index contributed by atoms with van der Waals surface area (Å²) in [7, 11) is 0. The zero-order valence-electron chi connectivity index (χ0n) is 16.6. The van der Waals surface area contributed by atoms with Crippen LogP contribution in [0.3, 0.4) is 0 Å². The van der Waals surface area contributed by atoms with E-state index in [1.807, 2.05) is 31.2 Å². The van der Waals surface area contributed by atoms with E-state index < -0.39 is 0 Å². The molecule has 156 valence electrons. The zero-order chi connectivity index (χ0) is 21.1. The van der Waals surface area contributed by atoms with Gasteiger partial charge in [0.1, 0.15) is 0 Å². The number of nitrogens with one attached hydrogen (secondary N) is 1. The van der Waals surface area contributed by atoms with Crippen molar-refractivity contribution in [1.29, 1.82) is 0 Å². The van der Waals surface area contributed by atoms with Crippen LogP contribution in [0.1, 0.15) is 24.3 Å². The first-order valence-electron chi connectivity index (χ1n) is 9.86. The topological polar surface area (TPSA) is 71.3 Å². The SMILES string of the molecule is Cc1ccc(-c2noc(CN3CCC(C(=O)Nc4cc(Cl)ccc4Cl)CC3)n2)cc1. The first kappa shape index (κ1) is 20.8. The van der Waals surface area contributed by atoms with Crippen molar-refractivity contribution in [3.63, 3.8) is 0 Å². The smallest absolute Gasteiger partial charge is 0.241 e. The van der Waals surface area contributed by atoms with Crippen LogP contribution < -0.4 is 5.32 Å². The number of likely N-dealkylation sites (tertiary alicyclic amines) is 1. The molecule has 1 aliphatic heterocycles. The van der Waals surface area contributed by atoms with E-state index >= 15 is 0 Å². The second-order valence-corrected chi connectivity index (χ2v) is 8.39. The third-order valence-corrected chi connectivity index (χ3v) is 5.85. The van der Waals surface area contributed by atoms with Crippen molar-refractivity contribution < 1.29 is 9.32 Å². The van der Waals surface area contributed by atoms with Gasteiger partial charge in [-0.05, 0) is 51.1 Å². The molecule has 0 unspecified atom stereocenters. The maximum absolute atomic E-state index is 12.6. The molecule has 30 heavy (non-hydrogen) atoms. The Labute approximate surface area is 185 Å². The molecule has 1 saturated heterocycles. The van der Waals surface area contributed by atoms with Gasteiger partial charge in [0.2, 0.25) is 17.6 Å². The predicted octanol–water partition coefficient (Wildman–Crippen LogP) is 5.20. The number of anilines is 1. The summed E-state index contributed by atoms with van der Waals surface area (Å²) in [5.41, 5.74) is 2.67.